The molecule has 0 saturated carbocycles. The first-order chi connectivity index (χ1) is 13.4. The fourth-order valence-electron chi connectivity index (χ4n) is 4.20. The van der Waals surface area contributed by atoms with E-state index in [9.17, 15) is 4.79 Å². The topological polar surface area (TPSA) is 56.6 Å². The molecule has 1 aromatic carbocycles. The van der Waals surface area contributed by atoms with Crippen LogP contribution in [0.2, 0.25) is 0 Å². The van der Waals surface area contributed by atoms with E-state index >= 15 is 0 Å². The summed E-state index contributed by atoms with van der Waals surface area (Å²) in [4.78, 5) is 15.1. The van der Waals surface area contributed by atoms with Crippen LogP contribution in [0, 0.1) is 13.8 Å². The van der Waals surface area contributed by atoms with Crippen molar-refractivity contribution in [3.8, 4) is 5.69 Å². The Morgan fingerprint density at radius 1 is 1.21 bits per heavy atom. The number of carbonyl (C=O) groups is 1. The van der Waals surface area contributed by atoms with Crippen molar-refractivity contribution in [3.05, 3.63) is 45.7 Å². The van der Waals surface area contributed by atoms with Gasteiger partial charge in [-0.15, -0.1) is 0 Å². The Hall–Kier alpha value is -1.70. The van der Waals surface area contributed by atoms with Crippen LogP contribution in [-0.2, 0) is 9.47 Å². The van der Waals surface area contributed by atoms with Gasteiger partial charge in [0.15, 0.2) is 0 Å². The number of benzene rings is 1. The van der Waals surface area contributed by atoms with E-state index in [0.29, 0.717) is 31.9 Å². The normalized spacial score (nSPS) is 21.9. The third-order valence-electron chi connectivity index (χ3n) is 5.66. The molecular weight excluding hydrogens is 422 g/mol. The number of rotatable bonds is 2. The van der Waals surface area contributed by atoms with E-state index in [1.165, 1.54) is 0 Å². The molecule has 0 radical (unpaired) electrons. The maximum Gasteiger partial charge on any atom is 0.254 e. The quantitative estimate of drug-likeness (QED) is 0.704. The number of morpholine rings is 1. The molecule has 7 heteroatoms. The second-order valence-electron chi connectivity index (χ2n) is 7.85. The SMILES string of the molecule is Cc1nn(-c2ccc(C(=O)N3CC(C)OC4(CCOCC4)C3)cc2)c(C)c1Br. The molecule has 2 saturated heterocycles. The van der Waals surface area contributed by atoms with Gasteiger partial charge in [-0.25, -0.2) is 4.68 Å². The van der Waals surface area contributed by atoms with Gasteiger partial charge in [0.05, 0.1) is 39.8 Å². The van der Waals surface area contributed by atoms with Crippen molar-refractivity contribution in [2.75, 3.05) is 26.3 Å². The van der Waals surface area contributed by atoms with Crippen LogP contribution in [0.4, 0.5) is 0 Å². The van der Waals surface area contributed by atoms with Gasteiger partial charge in [0.1, 0.15) is 0 Å². The summed E-state index contributed by atoms with van der Waals surface area (Å²) in [7, 11) is 0. The number of halogens is 1. The minimum atomic E-state index is -0.262. The van der Waals surface area contributed by atoms with E-state index in [0.717, 1.165) is 34.4 Å². The van der Waals surface area contributed by atoms with Crippen LogP contribution in [0.3, 0.4) is 0 Å². The summed E-state index contributed by atoms with van der Waals surface area (Å²) in [6.07, 6.45) is 1.71. The minimum absolute atomic E-state index is 0.0297. The van der Waals surface area contributed by atoms with Crippen molar-refractivity contribution in [2.45, 2.75) is 45.3 Å². The Balaban J connectivity index is 1.53. The lowest BCUT2D eigenvalue weighted by atomic mass is 9.91. The first-order valence-corrected chi connectivity index (χ1v) is 10.5. The Morgan fingerprint density at radius 3 is 2.50 bits per heavy atom. The third kappa shape index (κ3) is 3.63. The Morgan fingerprint density at radius 2 is 1.89 bits per heavy atom. The molecule has 1 aromatic heterocycles. The van der Waals surface area contributed by atoms with Crippen LogP contribution in [0.25, 0.3) is 5.69 Å². The van der Waals surface area contributed by atoms with Crippen molar-refractivity contribution in [3.63, 3.8) is 0 Å². The van der Waals surface area contributed by atoms with E-state index in [-0.39, 0.29) is 17.6 Å². The van der Waals surface area contributed by atoms with Crippen molar-refractivity contribution in [1.82, 2.24) is 14.7 Å². The first kappa shape index (κ1) is 19.6. The van der Waals surface area contributed by atoms with Crippen LogP contribution in [0.1, 0.15) is 41.5 Å². The average molecular weight is 448 g/mol. The van der Waals surface area contributed by atoms with Gasteiger partial charge in [-0.05, 0) is 61.0 Å². The van der Waals surface area contributed by atoms with Crippen molar-refractivity contribution < 1.29 is 14.3 Å². The lowest BCUT2D eigenvalue weighted by Gasteiger charge is -2.47. The fraction of sp³-hybridized carbons (Fsp3) is 0.524. The predicted octanol–water partition coefficient (Wildman–Crippen LogP) is 3.66. The summed E-state index contributed by atoms with van der Waals surface area (Å²) >= 11 is 3.56. The molecular formula is C21H26BrN3O3. The van der Waals surface area contributed by atoms with Gasteiger partial charge in [0, 0.05) is 38.2 Å². The second-order valence-corrected chi connectivity index (χ2v) is 8.65. The molecule has 1 atom stereocenters. The largest absolute Gasteiger partial charge is 0.381 e. The highest BCUT2D eigenvalue weighted by Crippen LogP contribution is 2.32. The number of carbonyl (C=O) groups excluding carboxylic acids is 1. The predicted molar refractivity (Wildman–Crippen MR) is 110 cm³/mol. The van der Waals surface area contributed by atoms with Crippen molar-refractivity contribution in [1.29, 1.82) is 0 Å². The molecule has 2 fully saturated rings. The lowest BCUT2D eigenvalue weighted by molar-refractivity contribution is -0.176. The molecule has 1 spiro atoms. The molecule has 3 heterocycles. The van der Waals surface area contributed by atoms with Gasteiger partial charge >= 0.3 is 0 Å². The van der Waals surface area contributed by atoms with E-state index in [1.807, 2.05) is 54.6 Å². The highest BCUT2D eigenvalue weighted by molar-refractivity contribution is 9.10. The Bertz CT molecular complexity index is 872. The van der Waals surface area contributed by atoms with Crippen LogP contribution in [0.15, 0.2) is 28.7 Å². The third-order valence-corrected chi connectivity index (χ3v) is 6.81. The van der Waals surface area contributed by atoms with E-state index in [2.05, 4.69) is 21.0 Å². The molecule has 28 heavy (non-hydrogen) atoms. The van der Waals surface area contributed by atoms with Crippen LogP contribution < -0.4 is 0 Å². The van der Waals surface area contributed by atoms with Crippen molar-refractivity contribution >= 4 is 21.8 Å². The monoisotopic (exact) mass is 447 g/mol. The van der Waals surface area contributed by atoms with Gasteiger partial charge in [-0.3, -0.25) is 4.79 Å². The zero-order valence-electron chi connectivity index (χ0n) is 16.6. The van der Waals surface area contributed by atoms with E-state index < -0.39 is 0 Å². The average Bonchev–Trinajstić information content (AvgIpc) is 2.95. The number of hydrogen-bond donors (Lipinski definition) is 0. The molecule has 1 unspecified atom stereocenters. The minimum Gasteiger partial charge on any atom is -0.381 e. The highest BCUT2D eigenvalue weighted by atomic mass is 79.9. The Kier molecular flexibility index (Phi) is 5.33. The standard InChI is InChI=1S/C21H26BrN3O3/c1-14-12-24(13-21(28-14)8-10-27-11-9-21)20(26)17-4-6-18(7-5-17)25-16(3)19(22)15(2)23-25/h4-7,14H,8-13H2,1-3H3. The molecule has 0 bridgehead atoms. The van der Waals surface area contributed by atoms with E-state index in [4.69, 9.17) is 9.47 Å². The number of hydrogen-bond acceptors (Lipinski definition) is 4. The molecule has 4 rings (SSSR count). The maximum absolute atomic E-state index is 13.2. The van der Waals surface area contributed by atoms with Gasteiger partial charge in [0.25, 0.3) is 5.91 Å². The second kappa shape index (κ2) is 7.61. The van der Waals surface area contributed by atoms with E-state index in [1.54, 1.807) is 0 Å². The summed E-state index contributed by atoms with van der Waals surface area (Å²) < 4.78 is 14.6. The summed E-state index contributed by atoms with van der Waals surface area (Å²) in [5.41, 5.74) is 3.36. The first-order valence-electron chi connectivity index (χ1n) is 9.75. The summed E-state index contributed by atoms with van der Waals surface area (Å²) in [5.74, 6) is 0.0575. The highest BCUT2D eigenvalue weighted by Gasteiger charge is 2.42. The van der Waals surface area contributed by atoms with Crippen LogP contribution >= 0.6 is 15.9 Å². The molecule has 2 aromatic rings. The maximum atomic E-state index is 13.2. The summed E-state index contributed by atoms with van der Waals surface area (Å²) in [5, 5.41) is 4.56. The molecule has 2 aliphatic heterocycles. The fourth-order valence-corrected chi connectivity index (χ4v) is 4.45. The zero-order valence-corrected chi connectivity index (χ0v) is 18.2. The smallest absolute Gasteiger partial charge is 0.254 e. The summed E-state index contributed by atoms with van der Waals surface area (Å²) in [6, 6.07) is 7.68. The number of nitrogens with zero attached hydrogens (tertiary/aromatic N) is 3. The summed E-state index contributed by atoms with van der Waals surface area (Å²) in [6.45, 7) is 8.67. The molecule has 150 valence electrons. The molecule has 0 aliphatic carbocycles. The van der Waals surface area contributed by atoms with Crippen molar-refractivity contribution in [2.24, 2.45) is 0 Å². The van der Waals surface area contributed by atoms with Gasteiger partial charge in [-0.2, -0.15) is 5.10 Å². The molecule has 1 amide bonds. The van der Waals surface area contributed by atoms with Gasteiger partial charge < -0.3 is 14.4 Å². The number of amides is 1. The number of ether oxygens (including phenoxy) is 2. The molecule has 2 aliphatic rings. The zero-order chi connectivity index (χ0) is 19.9. The van der Waals surface area contributed by atoms with Crippen LogP contribution in [0.5, 0.6) is 0 Å². The number of aromatic nitrogens is 2. The van der Waals surface area contributed by atoms with Gasteiger partial charge in [0.2, 0.25) is 0 Å². The number of aryl methyl sites for hydroxylation is 1. The van der Waals surface area contributed by atoms with Crippen LogP contribution in [-0.4, -0.2) is 58.6 Å². The lowest BCUT2D eigenvalue weighted by Crippen LogP contribution is -2.58. The molecule has 0 N–H and O–H groups in total. The molecule has 6 nitrogen and oxygen atoms in total. The van der Waals surface area contributed by atoms with Gasteiger partial charge in [-0.1, -0.05) is 0 Å². The Labute approximate surface area is 173 Å².